The zero-order chi connectivity index (χ0) is 12.3. The summed E-state index contributed by atoms with van der Waals surface area (Å²) in [7, 11) is 0. The zero-order valence-corrected chi connectivity index (χ0v) is 8.20. The molecule has 7 heteroatoms. The summed E-state index contributed by atoms with van der Waals surface area (Å²) in [6.07, 6.45) is -1.56. The predicted octanol–water partition coefficient (Wildman–Crippen LogP) is -2.01. The highest BCUT2D eigenvalue weighted by molar-refractivity contribution is 5.70. The van der Waals surface area contributed by atoms with Gasteiger partial charge in [0.25, 0.3) is 5.69 Å². The van der Waals surface area contributed by atoms with Gasteiger partial charge in [0.1, 0.15) is 12.1 Å². The van der Waals surface area contributed by atoms with Gasteiger partial charge in [0, 0.05) is 6.07 Å². The fourth-order valence-corrected chi connectivity index (χ4v) is 1.25. The van der Waals surface area contributed by atoms with Crippen LogP contribution in [0.3, 0.4) is 0 Å². The molecule has 0 unspecified atom stereocenters. The molecule has 7 nitrogen and oxygen atoms in total. The van der Waals surface area contributed by atoms with Crippen molar-refractivity contribution in [1.29, 1.82) is 0 Å². The summed E-state index contributed by atoms with van der Waals surface area (Å²) in [4.78, 5) is 20.4. The first-order valence-corrected chi connectivity index (χ1v) is 4.40. The van der Waals surface area contributed by atoms with Crippen molar-refractivity contribution in [3.63, 3.8) is 0 Å². The molecule has 0 spiro atoms. The molecule has 16 heavy (non-hydrogen) atoms. The molecule has 4 N–H and O–H groups in total. The van der Waals surface area contributed by atoms with Gasteiger partial charge < -0.3 is 20.7 Å². The molecule has 1 aromatic carbocycles. The van der Waals surface area contributed by atoms with Gasteiger partial charge in [0.15, 0.2) is 6.04 Å². The number of carbonyl (C=O) groups is 1. The van der Waals surface area contributed by atoms with Crippen LogP contribution in [0.15, 0.2) is 24.3 Å². The molecule has 0 aliphatic rings. The van der Waals surface area contributed by atoms with Crippen molar-refractivity contribution in [2.24, 2.45) is 0 Å². The maximum Gasteiger partial charge on any atom is 0.275 e. The number of carboxylic acid groups (broad SMARTS) is 1. The van der Waals surface area contributed by atoms with E-state index in [0.717, 1.165) is 0 Å². The van der Waals surface area contributed by atoms with E-state index in [-0.39, 0.29) is 11.3 Å². The highest BCUT2D eigenvalue weighted by Crippen LogP contribution is 2.25. The van der Waals surface area contributed by atoms with Crippen molar-refractivity contribution in [2.75, 3.05) is 0 Å². The van der Waals surface area contributed by atoms with Crippen LogP contribution < -0.4 is 10.8 Å². The zero-order valence-electron chi connectivity index (χ0n) is 8.20. The Morgan fingerprint density at radius 1 is 1.44 bits per heavy atom. The molecule has 0 bridgehead atoms. The van der Waals surface area contributed by atoms with Gasteiger partial charge in [0.05, 0.1) is 10.5 Å². The number of nitro benzene ring substituents is 1. The summed E-state index contributed by atoms with van der Waals surface area (Å²) in [6.45, 7) is 0. The third-order valence-electron chi connectivity index (χ3n) is 2.14. The Bertz CT molecular complexity index is 420. The second-order valence-electron chi connectivity index (χ2n) is 3.19. The molecular formula is C9H10N2O5. The third kappa shape index (κ3) is 2.33. The number of hydrogen-bond donors (Lipinski definition) is 2. The van der Waals surface area contributed by atoms with E-state index in [1.54, 1.807) is 0 Å². The molecule has 0 fully saturated rings. The van der Waals surface area contributed by atoms with Crippen molar-refractivity contribution in [2.45, 2.75) is 12.1 Å². The second kappa shape index (κ2) is 4.69. The number of aliphatic carboxylic acids is 1. The molecule has 0 aromatic heterocycles. The lowest BCUT2D eigenvalue weighted by molar-refractivity contribution is -0.453. The number of carbonyl (C=O) groups excluding carboxylic acids is 1. The van der Waals surface area contributed by atoms with Gasteiger partial charge in [-0.1, -0.05) is 12.1 Å². The minimum Gasteiger partial charge on any atom is -0.544 e. The molecule has 86 valence electrons. The largest absolute Gasteiger partial charge is 0.544 e. The summed E-state index contributed by atoms with van der Waals surface area (Å²) in [5, 5.41) is 30.7. The first kappa shape index (κ1) is 12.1. The number of carboxylic acids is 1. The minimum atomic E-state index is -1.56. The number of para-hydroxylation sites is 1. The molecule has 0 aliphatic heterocycles. The normalized spacial score (nSPS) is 14.1. The summed E-state index contributed by atoms with van der Waals surface area (Å²) in [6, 6.07) is 3.89. The Kier molecular flexibility index (Phi) is 3.54. The van der Waals surface area contributed by atoms with Gasteiger partial charge in [0.2, 0.25) is 0 Å². The number of rotatable bonds is 4. The summed E-state index contributed by atoms with van der Waals surface area (Å²) in [5.41, 5.74) is 2.75. The fraction of sp³-hybridized carbons (Fsp3) is 0.222. The van der Waals surface area contributed by atoms with Crippen molar-refractivity contribution in [3.05, 3.63) is 39.9 Å². The Morgan fingerprint density at radius 3 is 2.50 bits per heavy atom. The molecule has 0 heterocycles. The summed E-state index contributed by atoms with van der Waals surface area (Å²) < 4.78 is 0. The summed E-state index contributed by atoms with van der Waals surface area (Å²) in [5.74, 6) is -1.56. The van der Waals surface area contributed by atoms with E-state index in [4.69, 9.17) is 0 Å². The molecule has 2 atom stereocenters. The van der Waals surface area contributed by atoms with Gasteiger partial charge in [-0.2, -0.15) is 0 Å². The van der Waals surface area contributed by atoms with Crippen LogP contribution in [0.5, 0.6) is 0 Å². The van der Waals surface area contributed by atoms with E-state index in [0.29, 0.717) is 0 Å². The van der Waals surface area contributed by atoms with E-state index < -0.39 is 23.0 Å². The Labute approximate surface area is 90.3 Å². The molecular weight excluding hydrogens is 216 g/mol. The predicted molar refractivity (Wildman–Crippen MR) is 49.7 cm³/mol. The van der Waals surface area contributed by atoms with Crippen LogP contribution in [-0.4, -0.2) is 22.0 Å². The van der Waals surface area contributed by atoms with Crippen molar-refractivity contribution < 1.29 is 25.7 Å². The molecule has 0 saturated carbocycles. The lowest BCUT2D eigenvalue weighted by atomic mass is 10.0. The molecule has 1 rings (SSSR count). The second-order valence-corrected chi connectivity index (χ2v) is 3.19. The molecule has 1 aromatic rings. The molecule has 0 saturated heterocycles. The molecule has 0 radical (unpaired) electrons. The van der Waals surface area contributed by atoms with Gasteiger partial charge in [-0.05, 0) is 6.07 Å². The molecule has 0 amide bonds. The lowest BCUT2D eigenvalue weighted by Gasteiger charge is -2.16. The number of benzene rings is 1. The quantitative estimate of drug-likeness (QED) is 0.452. The maximum absolute atomic E-state index is 10.6. The SMILES string of the molecule is [NH3+][C@H](C(=O)[O-])[C@@H](O)c1ccccc1[N+](=O)[O-]. The van der Waals surface area contributed by atoms with Gasteiger partial charge >= 0.3 is 0 Å². The van der Waals surface area contributed by atoms with E-state index in [1.807, 2.05) is 0 Å². The van der Waals surface area contributed by atoms with Crippen molar-refractivity contribution in [3.8, 4) is 0 Å². The number of nitrogens with zero attached hydrogens (tertiary/aromatic N) is 1. The summed E-state index contributed by atoms with van der Waals surface area (Å²) >= 11 is 0. The van der Waals surface area contributed by atoms with E-state index in [1.165, 1.54) is 24.3 Å². The van der Waals surface area contributed by atoms with Crippen LogP contribution in [0.25, 0.3) is 0 Å². The molecule has 0 aliphatic carbocycles. The smallest absolute Gasteiger partial charge is 0.275 e. The number of aliphatic hydroxyl groups is 1. The van der Waals surface area contributed by atoms with E-state index >= 15 is 0 Å². The van der Waals surface area contributed by atoms with E-state index in [9.17, 15) is 25.1 Å². The Hall–Kier alpha value is -1.99. The maximum atomic E-state index is 10.6. The van der Waals surface area contributed by atoms with Crippen LogP contribution >= 0.6 is 0 Å². The minimum absolute atomic E-state index is 0.0864. The van der Waals surface area contributed by atoms with Crippen LogP contribution in [0.4, 0.5) is 5.69 Å². The van der Waals surface area contributed by atoms with Crippen LogP contribution in [0.1, 0.15) is 11.7 Å². The van der Waals surface area contributed by atoms with Crippen molar-refractivity contribution in [1.82, 2.24) is 0 Å². The monoisotopic (exact) mass is 226 g/mol. The number of quaternary nitrogens is 1. The average molecular weight is 226 g/mol. The van der Waals surface area contributed by atoms with Crippen molar-refractivity contribution >= 4 is 11.7 Å². The average Bonchev–Trinajstić information content (AvgIpc) is 2.26. The van der Waals surface area contributed by atoms with E-state index in [2.05, 4.69) is 5.73 Å². The number of aliphatic hydroxyl groups excluding tert-OH is 1. The Balaban J connectivity index is 3.12. The Morgan fingerprint density at radius 2 is 2.00 bits per heavy atom. The van der Waals surface area contributed by atoms with Gasteiger partial charge in [-0.15, -0.1) is 0 Å². The first-order valence-electron chi connectivity index (χ1n) is 4.40. The third-order valence-corrected chi connectivity index (χ3v) is 2.14. The highest BCUT2D eigenvalue weighted by Gasteiger charge is 2.27. The topological polar surface area (TPSA) is 131 Å². The highest BCUT2D eigenvalue weighted by atomic mass is 16.6. The van der Waals surface area contributed by atoms with Crippen LogP contribution in [0.2, 0.25) is 0 Å². The van der Waals surface area contributed by atoms with Gasteiger partial charge in [-0.25, -0.2) is 0 Å². The fourth-order valence-electron chi connectivity index (χ4n) is 1.25. The first-order chi connectivity index (χ1) is 7.45. The van der Waals surface area contributed by atoms with Gasteiger partial charge in [-0.3, -0.25) is 10.1 Å². The standard InChI is InChI=1S/C9H10N2O5/c10-7(9(13)14)8(12)5-3-1-2-4-6(5)11(15)16/h1-4,7-8,12H,10H2,(H,13,14)/t7-,8-/m0/s1. The lowest BCUT2D eigenvalue weighted by Crippen LogP contribution is -2.70. The number of hydrogen-bond acceptors (Lipinski definition) is 5. The van der Waals surface area contributed by atoms with Crippen LogP contribution in [0, 0.1) is 10.1 Å². The number of nitro groups is 1. The van der Waals surface area contributed by atoms with Crippen LogP contribution in [-0.2, 0) is 4.79 Å².